The number of ether oxygens (including phenoxy) is 2. The molecule has 1 saturated heterocycles. The first-order valence-corrected chi connectivity index (χ1v) is 15.3. The molecule has 1 heterocycles. The molecule has 0 aromatic heterocycles. The highest BCUT2D eigenvalue weighted by Crippen LogP contribution is 2.65. The molecule has 6 atom stereocenters. The second-order valence-corrected chi connectivity index (χ2v) is 14.2. The maximum atomic E-state index is 14.0. The zero-order chi connectivity index (χ0) is 33.6. The van der Waals surface area contributed by atoms with Crippen molar-refractivity contribution < 1.29 is 38.6 Å². The summed E-state index contributed by atoms with van der Waals surface area (Å²) < 4.78 is 10.2. The van der Waals surface area contributed by atoms with Crippen LogP contribution in [0.25, 0.3) is 0 Å². The fourth-order valence-corrected chi connectivity index (χ4v) is 5.72. The highest BCUT2D eigenvalue weighted by Gasteiger charge is 2.70. The van der Waals surface area contributed by atoms with Crippen molar-refractivity contribution in [2.45, 2.75) is 105 Å². The van der Waals surface area contributed by atoms with Gasteiger partial charge in [-0.05, 0) is 63.2 Å². The number of piperidine rings is 1. The van der Waals surface area contributed by atoms with Crippen molar-refractivity contribution in [3.8, 4) is 0 Å². The van der Waals surface area contributed by atoms with Gasteiger partial charge < -0.3 is 35.4 Å². The van der Waals surface area contributed by atoms with E-state index in [-0.39, 0.29) is 36.8 Å². The maximum absolute atomic E-state index is 14.0. The number of aliphatic hydroxyl groups is 1. The first-order chi connectivity index (χ1) is 20.3. The van der Waals surface area contributed by atoms with Crippen molar-refractivity contribution in [3.05, 3.63) is 24.8 Å². The van der Waals surface area contributed by atoms with E-state index in [2.05, 4.69) is 22.5 Å². The van der Waals surface area contributed by atoms with Gasteiger partial charge in [-0.1, -0.05) is 46.8 Å². The smallest absolute Gasteiger partial charge is 0.408 e. The molecule has 0 bridgehead atoms. The maximum Gasteiger partial charge on any atom is 0.408 e. The number of aliphatic hydroxyl groups excluding tert-OH is 1. The van der Waals surface area contributed by atoms with E-state index >= 15 is 0 Å². The monoisotopic (exact) mass is 620 g/mol. The van der Waals surface area contributed by atoms with E-state index in [1.807, 2.05) is 34.6 Å². The summed E-state index contributed by atoms with van der Waals surface area (Å²) >= 11 is 0. The molecule has 2 unspecified atom stereocenters. The molecule has 2 rings (SSSR count). The lowest BCUT2D eigenvalue weighted by atomic mass is 9.85. The summed E-state index contributed by atoms with van der Waals surface area (Å²) in [4.78, 5) is 66.4. The Kier molecular flexibility index (Phi) is 12.2. The van der Waals surface area contributed by atoms with Crippen molar-refractivity contribution in [1.29, 1.82) is 0 Å². The third-order valence-corrected chi connectivity index (χ3v) is 8.13. The number of esters is 1. The van der Waals surface area contributed by atoms with Crippen LogP contribution in [0, 0.1) is 22.7 Å². The predicted molar refractivity (Wildman–Crippen MR) is 165 cm³/mol. The lowest BCUT2D eigenvalue weighted by Gasteiger charge is -2.38. The van der Waals surface area contributed by atoms with Gasteiger partial charge in [0.15, 0.2) is 6.10 Å². The second-order valence-electron chi connectivity index (χ2n) is 14.2. The zero-order valence-electron chi connectivity index (χ0n) is 27.7. The van der Waals surface area contributed by atoms with E-state index in [1.165, 1.54) is 17.1 Å². The number of nitrogens with zero attached hydrogens (tertiary/aromatic N) is 1. The number of allylic oxidation sites excluding steroid dienone is 1. The molecule has 4 amide bonds. The number of carbonyl (C=O) groups is 5. The Hall–Kier alpha value is -3.41. The molecule has 0 aromatic carbocycles. The molecular formula is C32H52N4O8. The van der Waals surface area contributed by atoms with Crippen molar-refractivity contribution in [2.75, 3.05) is 19.7 Å². The van der Waals surface area contributed by atoms with Gasteiger partial charge in [-0.2, -0.15) is 0 Å². The lowest BCUT2D eigenvalue weighted by Crippen LogP contribution is -2.61. The highest BCUT2D eigenvalue weighted by molar-refractivity contribution is 5.94. The minimum atomic E-state index is -1.60. The Balaban J connectivity index is 2.24. The van der Waals surface area contributed by atoms with Crippen LogP contribution in [-0.2, 0) is 28.7 Å². The number of fused-ring (bicyclic) bond motifs is 1. The van der Waals surface area contributed by atoms with Crippen LogP contribution in [0.4, 0.5) is 4.79 Å². The van der Waals surface area contributed by atoms with Gasteiger partial charge in [0.05, 0.1) is 12.6 Å². The summed E-state index contributed by atoms with van der Waals surface area (Å²) in [6.07, 6.45) is 2.50. The number of amides is 4. The first-order valence-electron chi connectivity index (χ1n) is 15.3. The summed E-state index contributed by atoms with van der Waals surface area (Å²) in [5.41, 5.74) is -1.64. The average Bonchev–Trinajstić information content (AvgIpc) is 3.21. The van der Waals surface area contributed by atoms with Gasteiger partial charge in [0, 0.05) is 19.2 Å². The number of rotatable bonds is 13. The standard InChI is InChI=1S/C32H52N4O8/c1-11-13-15-20(24(38)27(40)33-17-14-16-21(37)43-12-2)34-26(39)23-22-19(32(22,9)10)18-36(23)28(41)25(30(3,4)5)35-29(42)44-31(6,7)8/h11,14,16,19-20,22-25,38H,1,12-13,15,17-18H2,2-10H3,(H,33,40)(H,34,39)(H,35,42)/t19-,20?,22-,23+,24?,25-/m1/s1. The average molecular weight is 621 g/mol. The molecule has 248 valence electrons. The van der Waals surface area contributed by atoms with Gasteiger partial charge in [-0.3, -0.25) is 14.4 Å². The van der Waals surface area contributed by atoms with Gasteiger partial charge in [-0.25, -0.2) is 9.59 Å². The molecule has 0 radical (unpaired) electrons. The molecule has 0 spiro atoms. The number of carbonyl (C=O) groups excluding carboxylic acids is 5. The molecule has 4 N–H and O–H groups in total. The van der Waals surface area contributed by atoms with E-state index in [4.69, 9.17) is 9.47 Å². The molecule has 44 heavy (non-hydrogen) atoms. The van der Waals surface area contributed by atoms with Gasteiger partial charge in [0.25, 0.3) is 5.91 Å². The SMILES string of the molecule is C=CCCC(NC(=O)[C@@H]1[C@H]2[C@@H](CN1C(=O)[C@@H](NC(=O)OC(C)(C)C)C(C)(C)C)C2(C)C)C(O)C(=O)NCC=CC(=O)OCC. The summed E-state index contributed by atoms with van der Waals surface area (Å²) in [5.74, 6) is -2.22. The van der Waals surface area contributed by atoms with Gasteiger partial charge in [0.2, 0.25) is 11.8 Å². The van der Waals surface area contributed by atoms with Crippen LogP contribution >= 0.6 is 0 Å². The normalized spacial score (nSPS) is 22.7. The predicted octanol–water partition coefficient (Wildman–Crippen LogP) is 2.46. The van der Waals surface area contributed by atoms with E-state index in [0.29, 0.717) is 13.0 Å². The number of nitrogens with one attached hydrogen (secondary N) is 3. The molecule has 12 nitrogen and oxygen atoms in total. The molecule has 1 saturated carbocycles. The van der Waals surface area contributed by atoms with Gasteiger partial charge in [0.1, 0.15) is 17.7 Å². The molecule has 1 aliphatic heterocycles. The molecule has 12 heteroatoms. The van der Waals surface area contributed by atoms with Crippen molar-refractivity contribution in [1.82, 2.24) is 20.9 Å². The van der Waals surface area contributed by atoms with Crippen molar-refractivity contribution >= 4 is 29.8 Å². The lowest BCUT2D eigenvalue weighted by molar-refractivity contribution is -0.145. The van der Waals surface area contributed by atoms with E-state index in [0.717, 1.165) is 0 Å². The largest absolute Gasteiger partial charge is 0.463 e. The minimum absolute atomic E-state index is 0.0292. The van der Waals surface area contributed by atoms with Gasteiger partial charge >= 0.3 is 12.1 Å². The van der Waals surface area contributed by atoms with E-state index < -0.39 is 65.0 Å². The second kappa shape index (κ2) is 14.6. The van der Waals surface area contributed by atoms with Crippen molar-refractivity contribution in [3.63, 3.8) is 0 Å². The van der Waals surface area contributed by atoms with Crippen LogP contribution < -0.4 is 16.0 Å². The van der Waals surface area contributed by atoms with Crippen LogP contribution in [0.2, 0.25) is 0 Å². The number of hydrogen-bond acceptors (Lipinski definition) is 8. The van der Waals surface area contributed by atoms with E-state index in [1.54, 1.807) is 33.8 Å². The molecule has 0 aromatic rings. The highest BCUT2D eigenvalue weighted by atomic mass is 16.6. The number of likely N-dealkylation sites (tertiary alicyclic amines) is 1. The Labute approximate surface area is 261 Å². The fourth-order valence-electron chi connectivity index (χ4n) is 5.72. The number of alkyl carbamates (subject to hydrolysis) is 1. The van der Waals surface area contributed by atoms with Crippen LogP contribution in [0.15, 0.2) is 24.8 Å². The minimum Gasteiger partial charge on any atom is -0.463 e. The molecule has 1 aliphatic carbocycles. The Morgan fingerprint density at radius 1 is 1.09 bits per heavy atom. The topological polar surface area (TPSA) is 163 Å². The fraction of sp³-hybridized carbons (Fsp3) is 0.719. The molecule has 2 aliphatic rings. The summed E-state index contributed by atoms with van der Waals surface area (Å²) in [6.45, 7) is 20.7. The quantitative estimate of drug-likeness (QED) is 0.139. The van der Waals surface area contributed by atoms with E-state index in [9.17, 15) is 29.1 Å². The Morgan fingerprint density at radius 2 is 1.73 bits per heavy atom. The summed E-state index contributed by atoms with van der Waals surface area (Å²) in [7, 11) is 0. The summed E-state index contributed by atoms with van der Waals surface area (Å²) in [6, 6.07) is -2.80. The van der Waals surface area contributed by atoms with Gasteiger partial charge in [-0.15, -0.1) is 6.58 Å². The zero-order valence-corrected chi connectivity index (χ0v) is 27.7. The van der Waals surface area contributed by atoms with Crippen LogP contribution in [-0.4, -0.2) is 89.3 Å². The van der Waals surface area contributed by atoms with Crippen LogP contribution in [0.1, 0.15) is 75.2 Å². The Bertz CT molecular complexity index is 1120. The molecule has 2 fully saturated rings. The first kappa shape index (κ1) is 36.8. The third kappa shape index (κ3) is 9.54. The molecular weight excluding hydrogens is 568 g/mol. The van der Waals surface area contributed by atoms with Crippen molar-refractivity contribution in [2.24, 2.45) is 22.7 Å². The Morgan fingerprint density at radius 3 is 2.27 bits per heavy atom. The summed E-state index contributed by atoms with van der Waals surface area (Å²) in [5, 5.41) is 19.0. The number of hydrogen-bond donors (Lipinski definition) is 4. The van der Waals surface area contributed by atoms with Crippen LogP contribution in [0.3, 0.4) is 0 Å². The third-order valence-electron chi connectivity index (χ3n) is 8.13. The van der Waals surface area contributed by atoms with Crippen LogP contribution in [0.5, 0.6) is 0 Å².